The molecule has 0 aliphatic rings. The van der Waals surface area contributed by atoms with Gasteiger partial charge in [-0.3, -0.25) is 4.40 Å². The Labute approximate surface area is 121 Å². The average molecular weight is 344 g/mol. The molecular formula is C11H5BrCl2N4. The minimum absolute atomic E-state index is 0.152. The second-order valence-corrected chi connectivity index (χ2v) is 5.22. The Morgan fingerprint density at radius 3 is 2.78 bits per heavy atom. The van der Waals surface area contributed by atoms with Crippen LogP contribution in [0.5, 0.6) is 0 Å². The molecule has 0 radical (unpaired) electrons. The van der Waals surface area contributed by atoms with Crippen LogP contribution < -0.4 is 0 Å². The van der Waals surface area contributed by atoms with Crippen LogP contribution in [0.1, 0.15) is 0 Å². The molecule has 3 aromatic rings. The molecule has 0 unspecified atom stereocenters. The monoisotopic (exact) mass is 342 g/mol. The van der Waals surface area contributed by atoms with Gasteiger partial charge in [-0.25, -0.2) is 15.0 Å². The maximum Gasteiger partial charge on any atom is 0.223 e. The van der Waals surface area contributed by atoms with E-state index in [-0.39, 0.29) is 5.28 Å². The molecule has 4 nitrogen and oxygen atoms in total. The van der Waals surface area contributed by atoms with Gasteiger partial charge in [-0.05, 0) is 39.7 Å². The van der Waals surface area contributed by atoms with Crippen molar-refractivity contribution in [3.63, 3.8) is 0 Å². The van der Waals surface area contributed by atoms with Gasteiger partial charge in [-0.2, -0.15) is 0 Å². The van der Waals surface area contributed by atoms with Gasteiger partial charge in [0.05, 0.1) is 23.1 Å². The van der Waals surface area contributed by atoms with Gasteiger partial charge >= 0.3 is 0 Å². The topological polar surface area (TPSA) is 43.1 Å². The summed E-state index contributed by atoms with van der Waals surface area (Å²) in [4.78, 5) is 12.3. The molecule has 3 aromatic heterocycles. The largest absolute Gasteiger partial charge is 0.297 e. The van der Waals surface area contributed by atoms with Crippen molar-refractivity contribution in [2.24, 2.45) is 0 Å². The van der Waals surface area contributed by atoms with Gasteiger partial charge < -0.3 is 0 Å². The molecular weight excluding hydrogens is 339 g/mol. The Kier molecular flexibility index (Phi) is 2.97. The number of rotatable bonds is 1. The smallest absolute Gasteiger partial charge is 0.223 e. The van der Waals surface area contributed by atoms with Crippen LogP contribution in [0, 0.1) is 0 Å². The van der Waals surface area contributed by atoms with E-state index in [0.717, 1.165) is 15.8 Å². The van der Waals surface area contributed by atoms with Crippen LogP contribution in [-0.2, 0) is 0 Å². The van der Waals surface area contributed by atoms with Gasteiger partial charge in [-0.1, -0.05) is 11.6 Å². The Hall–Kier alpha value is -1.17. The van der Waals surface area contributed by atoms with Gasteiger partial charge in [0.2, 0.25) is 5.28 Å². The highest BCUT2D eigenvalue weighted by molar-refractivity contribution is 9.10. The molecule has 0 atom stereocenters. The van der Waals surface area contributed by atoms with E-state index in [1.807, 2.05) is 22.7 Å². The maximum absolute atomic E-state index is 6.09. The van der Waals surface area contributed by atoms with E-state index in [9.17, 15) is 0 Å². The third-order valence-corrected chi connectivity index (χ3v) is 3.35. The van der Waals surface area contributed by atoms with Crippen LogP contribution in [0.3, 0.4) is 0 Å². The molecule has 18 heavy (non-hydrogen) atoms. The minimum atomic E-state index is 0.152. The van der Waals surface area contributed by atoms with Crippen molar-refractivity contribution in [2.45, 2.75) is 0 Å². The van der Waals surface area contributed by atoms with E-state index in [0.29, 0.717) is 10.7 Å². The van der Waals surface area contributed by atoms with E-state index in [1.54, 1.807) is 6.20 Å². The zero-order valence-electron chi connectivity index (χ0n) is 8.81. The number of pyridine rings is 1. The van der Waals surface area contributed by atoms with Gasteiger partial charge in [-0.15, -0.1) is 0 Å². The fraction of sp³-hybridized carbons (Fsp3) is 0. The number of fused-ring (bicyclic) bond motifs is 1. The molecule has 0 bridgehead atoms. The number of aromatic nitrogens is 4. The van der Waals surface area contributed by atoms with E-state index in [2.05, 4.69) is 30.9 Å². The third kappa shape index (κ3) is 1.98. The zero-order valence-corrected chi connectivity index (χ0v) is 11.9. The standard InChI is InChI=1S/C11H5BrCl2N4/c12-6-1-2-9-15-4-8(18(9)5-6)10-7(13)3-16-11(14)17-10/h1-5H. The summed E-state index contributed by atoms with van der Waals surface area (Å²) >= 11 is 15.3. The van der Waals surface area contributed by atoms with Crippen LogP contribution >= 0.6 is 39.1 Å². The lowest BCUT2D eigenvalue weighted by molar-refractivity contribution is 1.12. The molecule has 0 aromatic carbocycles. The van der Waals surface area contributed by atoms with E-state index in [1.165, 1.54) is 6.20 Å². The summed E-state index contributed by atoms with van der Waals surface area (Å²) in [5.41, 5.74) is 2.13. The van der Waals surface area contributed by atoms with Crippen LogP contribution in [0.4, 0.5) is 0 Å². The molecule has 0 saturated heterocycles. The predicted molar refractivity (Wildman–Crippen MR) is 73.9 cm³/mol. The Balaban J connectivity index is 2.31. The minimum Gasteiger partial charge on any atom is -0.297 e. The molecule has 0 amide bonds. The Morgan fingerprint density at radius 2 is 1.94 bits per heavy atom. The highest BCUT2D eigenvalue weighted by Gasteiger charge is 2.12. The fourth-order valence-electron chi connectivity index (χ4n) is 1.66. The number of hydrogen-bond donors (Lipinski definition) is 0. The molecule has 0 N–H and O–H groups in total. The second kappa shape index (κ2) is 4.50. The quantitative estimate of drug-likeness (QED) is 0.630. The molecule has 0 saturated carbocycles. The van der Waals surface area contributed by atoms with Crippen molar-refractivity contribution < 1.29 is 0 Å². The highest BCUT2D eigenvalue weighted by Crippen LogP contribution is 2.27. The van der Waals surface area contributed by atoms with E-state index >= 15 is 0 Å². The predicted octanol–water partition coefficient (Wildman–Crippen LogP) is 3.86. The summed E-state index contributed by atoms with van der Waals surface area (Å²) in [6.45, 7) is 0. The maximum atomic E-state index is 6.09. The normalized spacial score (nSPS) is 11.1. The van der Waals surface area contributed by atoms with Crippen molar-refractivity contribution in [3.05, 3.63) is 45.5 Å². The summed E-state index contributed by atoms with van der Waals surface area (Å²) < 4.78 is 2.82. The lowest BCUT2D eigenvalue weighted by Gasteiger charge is -2.03. The SMILES string of the molecule is Clc1ncc(Cl)c(-c2cnc3ccc(Br)cn23)n1. The van der Waals surface area contributed by atoms with Gasteiger partial charge in [0.15, 0.2) is 0 Å². The average Bonchev–Trinajstić information content (AvgIpc) is 2.75. The Bertz CT molecular complexity index is 741. The van der Waals surface area contributed by atoms with Crippen LogP contribution in [0.15, 0.2) is 35.2 Å². The fourth-order valence-corrected chi connectivity index (χ4v) is 2.31. The summed E-state index contributed by atoms with van der Waals surface area (Å²) in [5.74, 6) is 0. The number of nitrogens with zero attached hydrogens (tertiary/aromatic N) is 4. The highest BCUT2D eigenvalue weighted by atomic mass is 79.9. The van der Waals surface area contributed by atoms with Crippen LogP contribution in [0.2, 0.25) is 10.3 Å². The molecule has 0 aliphatic heterocycles. The van der Waals surface area contributed by atoms with Crippen molar-refractivity contribution in [2.75, 3.05) is 0 Å². The molecule has 3 rings (SSSR count). The molecule has 90 valence electrons. The van der Waals surface area contributed by atoms with Crippen LogP contribution in [-0.4, -0.2) is 19.4 Å². The van der Waals surface area contributed by atoms with Gasteiger partial charge in [0.25, 0.3) is 0 Å². The van der Waals surface area contributed by atoms with Crippen molar-refractivity contribution >= 4 is 44.8 Å². The van der Waals surface area contributed by atoms with Crippen molar-refractivity contribution in [3.8, 4) is 11.4 Å². The number of imidazole rings is 1. The second-order valence-electron chi connectivity index (χ2n) is 3.55. The van der Waals surface area contributed by atoms with Crippen molar-refractivity contribution in [1.82, 2.24) is 19.4 Å². The first-order chi connectivity index (χ1) is 8.65. The van der Waals surface area contributed by atoms with Gasteiger partial charge in [0.1, 0.15) is 11.3 Å². The first kappa shape index (κ1) is 11.9. The molecule has 0 aliphatic carbocycles. The Morgan fingerprint density at radius 1 is 1.11 bits per heavy atom. The first-order valence-electron chi connectivity index (χ1n) is 4.96. The lowest BCUT2D eigenvalue weighted by Crippen LogP contribution is -1.93. The zero-order chi connectivity index (χ0) is 12.7. The lowest BCUT2D eigenvalue weighted by atomic mass is 10.3. The molecule has 0 fully saturated rings. The third-order valence-electron chi connectivity index (χ3n) is 2.43. The summed E-state index contributed by atoms with van der Waals surface area (Å²) in [7, 11) is 0. The van der Waals surface area contributed by atoms with Gasteiger partial charge in [0, 0.05) is 10.7 Å². The summed E-state index contributed by atoms with van der Waals surface area (Å²) in [6, 6.07) is 3.81. The summed E-state index contributed by atoms with van der Waals surface area (Å²) in [5, 5.41) is 0.584. The van der Waals surface area contributed by atoms with E-state index in [4.69, 9.17) is 23.2 Å². The summed E-state index contributed by atoms with van der Waals surface area (Å²) in [6.07, 6.45) is 5.07. The first-order valence-corrected chi connectivity index (χ1v) is 6.51. The van der Waals surface area contributed by atoms with E-state index < -0.39 is 0 Å². The molecule has 7 heteroatoms. The van der Waals surface area contributed by atoms with Crippen molar-refractivity contribution in [1.29, 1.82) is 0 Å². The molecule has 0 spiro atoms. The molecule has 3 heterocycles. The number of hydrogen-bond acceptors (Lipinski definition) is 3. The van der Waals surface area contributed by atoms with Crippen LogP contribution in [0.25, 0.3) is 17.0 Å². The number of halogens is 3.